The van der Waals surface area contributed by atoms with Gasteiger partial charge in [-0.2, -0.15) is 0 Å². The molecular formula is C2H8CaO3P+. The molecule has 0 aromatic carbocycles. The zero-order valence-corrected chi connectivity index (χ0v) is 7.56. The van der Waals surface area contributed by atoms with E-state index in [4.69, 9.17) is 14.4 Å². The van der Waals surface area contributed by atoms with Gasteiger partial charge in [0.25, 0.3) is 0 Å². The van der Waals surface area contributed by atoms with Crippen molar-refractivity contribution in [2.75, 3.05) is 0 Å². The molecule has 2 N–H and O–H groups in total. The molecule has 0 spiro atoms. The Hall–Kier alpha value is 1.28. The third-order valence-electron chi connectivity index (χ3n) is 0. The molecule has 0 aliphatic rings. The van der Waals surface area contributed by atoms with Crippen molar-refractivity contribution in [3.63, 3.8) is 0 Å². The predicted molar refractivity (Wildman–Crippen MR) is 29.1 cm³/mol. The van der Waals surface area contributed by atoms with Gasteiger partial charge in [0.15, 0.2) is 0 Å². The fourth-order valence-electron chi connectivity index (χ4n) is 0. The van der Waals surface area contributed by atoms with Crippen LogP contribution in [0.25, 0.3) is 0 Å². The topological polar surface area (TPSA) is 57.5 Å². The summed E-state index contributed by atoms with van der Waals surface area (Å²) < 4.78 is 8.70. The molecule has 0 atom stereocenters. The number of hydrogen-bond acceptors (Lipinski definition) is 1. The molecular weight excluding hydrogens is 143 g/mol. The molecule has 0 heterocycles. The molecule has 0 rings (SSSR count). The van der Waals surface area contributed by atoms with Crippen LogP contribution in [0.5, 0.6) is 0 Å². The molecule has 3 nitrogen and oxygen atoms in total. The quantitative estimate of drug-likeness (QED) is 0.386. The summed E-state index contributed by atoms with van der Waals surface area (Å²) in [6.45, 7) is 4.00. The zero-order chi connectivity index (χ0) is 5.58. The summed E-state index contributed by atoms with van der Waals surface area (Å²) in [5.74, 6) is 0. The second kappa shape index (κ2) is 15.7. The Morgan fingerprint density at radius 2 is 1.29 bits per heavy atom. The molecule has 0 aliphatic carbocycles. The monoisotopic (exact) mass is 151 g/mol. The van der Waals surface area contributed by atoms with Gasteiger partial charge in [-0.3, -0.25) is 0 Å². The molecule has 40 valence electrons. The molecule has 7 heavy (non-hydrogen) atoms. The summed E-state index contributed by atoms with van der Waals surface area (Å²) in [5.41, 5.74) is 0. The third kappa shape index (κ3) is 124. The van der Waals surface area contributed by atoms with E-state index in [1.165, 1.54) is 0 Å². The Balaban J connectivity index is -0.0000000480. The Kier molecular flexibility index (Phi) is 35.2. The van der Waals surface area contributed by atoms with Crippen LogP contribution < -0.4 is 0 Å². The van der Waals surface area contributed by atoms with Crippen molar-refractivity contribution in [2.45, 2.75) is 13.8 Å². The second-order valence-electron chi connectivity index (χ2n) is 0.253. The van der Waals surface area contributed by atoms with Crippen LogP contribution in [0.2, 0.25) is 0 Å². The van der Waals surface area contributed by atoms with Crippen molar-refractivity contribution in [2.24, 2.45) is 0 Å². The molecule has 0 aromatic rings. The van der Waals surface area contributed by atoms with Crippen LogP contribution in [0, 0.1) is 0 Å². The van der Waals surface area contributed by atoms with E-state index in [9.17, 15) is 0 Å². The Morgan fingerprint density at radius 1 is 1.29 bits per heavy atom. The summed E-state index contributed by atoms with van der Waals surface area (Å²) >= 11 is 0. The molecule has 0 aromatic heterocycles. The van der Waals surface area contributed by atoms with Crippen LogP contribution in [0.1, 0.15) is 13.8 Å². The van der Waals surface area contributed by atoms with Crippen molar-refractivity contribution < 1.29 is 14.4 Å². The zero-order valence-electron chi connectivity index (χ0n) is 4.46. The summed E-state index contributed by atoms with van der Waals surface area (Å²) in [4.78, 5) is 14.2. The largest absolute Gasteiger partial charge is 0.692 e. The maximum atomic E-state index is 8.70. The van der Waals surface area contributed by atoms with Crippen LogP contribution >= 0.6 is 8.25 Å². The number of rotatable bonds is 0. The Bertz CT molecular complexity index is 35.9. The summed E-state index contributed by atoms with van der Waals surface area (Å²) in [6.07, 6.45) is 0. The van der Waals surface area contributed by atoms with E-state index >= 15 is 0 Å². The fraction of sp³-hybridized carbons (Fsp3) is 1.00. The van der Waals surface area contributed by atoms with E-state index in [1.807, 2.05) is 13.8 Å². The molecule has 0 amide bonds. The van der Waals surface area contributed by atoms with Gasteiger partial charge in [0.2, 0.25) is 0 Å². The SMILES string of the molecule is CC.O=[P+](O)O.[Ca]. The third-order valence-corrected chi connectivity index (χ3v) is 0. The van der Waals surface area contributed by atoms with Gasteiger partial charge in [0, 0.05) is 42.3 Å². The normalized spacial score (nSPS) is 4.57. The van der Waals surface area contributed by atoms with E-state index in [0.29, 0.717) is 0 Å². The molecule has 2 radical (unpaired) electrons. The van der Waals surface area contributed by atoms with Gasteiger partial charge in [-0.15, -0.1) is 9.79 Å². The van der Waals surface area contributed by atoms with Gasteiger partial charge >= 0.3 is 8.25 Å². The maximum Gasteiger partial charge on any atom is 0.692 e. The van der Waals surface area contributed by atoms with Crippen molar-refractivity contribution in [3.05, 3.63) is 0 Å². The Morgan fingerprint density at radius 3 is 1.29 bits per heavy atom. The van der Waals surface area contributed by atoms with Gasteiger partial charge < -0.3 is 0 Å². The minimum atomic E-state index is -2.87. The van der Waals surface area contributed by atoms with E-state index in [-0.39, 0.29) is 37.7 Å². The first kappa shape index (κ1) is 15.7. The Labute approximate surface area is 73.7 Å². The van der Waals surface area contributed by atoms with Crippen LogP contribution in [-0.2, 0) is 4.57 Å². The first-order valence-electron chi connectivity index (χ1n) is 1.58. The summed E-state index contributed by atoms with van der Waals surface area (Å²) in [6, 6.07) is 0. The van der Waals surface area contributed by atoms with Crippen LogP contribution in [0.15, 0.2) is 0 Å². The predicted octanol–water partition coefficient (Wildman–Crippen LogP) is 0.274. The van der Waals surface area contributed by atoms with E-state index in [0.717, 1.165) is 0 Å². The summed E-state index contributed by atoms with van der Waals surface area (Å²) in [5, 5.41) is 0. The van der Waals surface area contributed by atoms with Crippen molar-refractivity contribution in [1.29, 1.82) is 0 Å². The minimum Gasteiger partial charge on any atom is -0.134 e. The molecule has 0 saturated heterocycles. The average Bonchev–Trinajstić information content (AvgIpc) is 1.41. The second-order valence-corrected chi connectivity index (χ2v) is 0.758. The minimum absolute atomic E-state index is 0. The molecule has 0 unspecified atom stereocenters. The molecule has 0 saturated carbocycles. The fourth-order valence-corrected chi connectivity index (χ4v) is 0. The maximum absolute atomic E-state index is 8.70. The van der Waals surface area contributed by atoms with Crippen molar-refractivity contribution in [3.8, 4) is 0 Å². The average molecular weight is 151 g/mol. The number of hydrogen-bond donors (Lipinski definition) is 2. The molecule has 5 heteroatoms. The first-order chi connectivity index (χ1) is 2.73. The van der Waals surface area contributed by atoms with Crippen LogP contribution in [0.4, 0.5) is 0 Å². The molecule has 0 aliphatic heterocycles. The molecule has 0 fully saturated rings. The van der Waals surface area contributed by atoms with Gasteiger partial charge in [0.05, 0.1) is 0 Å². The van der Waals surface area contributed by atoms with E-state index < -0.39 is 8.25 Å². The van der Waals surface area contributed by atoms with Gasteiger partial charge in [-0.1, -0.05) is 13.8 Å². The van der Waals surface area contributed by atoms with E-state index in [1.54, 1.807) is 0 Å². The summed E-state index contributed by atoms with van der Waals surface area (Å²) in [7, 11) is -2.87. The van der Waals surface area contributed by atoms with Gasteiger partial charge in [-0.05, 0) is 0 Å². The van der Waals surface area contributed by atoms with Crippen LogP contribution in [0.3, 0.4) is 0 Å². The van der Waals surface area contributed by atoms with Crippen molar-refractivity contribution in [1.82, 2.24) is 0 Å². The smallest absolute Gasteiger partial charge is 0.134 e. The van der Waals surface area contributed by atoms with Crippen molar-refractivity contribution >= 4 is 46.0 Å². The van der Waals surface area contributed by atoms with Crippen LogP contribution in [-0.4, -0.2) is 47.5 Å². The van der Waals surface area contributed by atoms with Gasteiger partial charge in [0.1, 0.15) is 0 Å². The standard InChI is InChI=1S/C2H6.Ca.HO3P/c1-2;;1-4(2)3/h1-2H3;;(H-,1,2,3)/p+1. The first-order valence-corrected chi connectivity index (χ1v) is 2.75. The molecule has 0 bridgehead atoms. The van der Waals surface area contributed by atoms with E-state index in [2.05, 4.69) is 0 Å². The van der Waals surface area contributed by atoms with Gasteiger partial charge in [-0.25, -0.2) is 0 Å².